The van der Waals surface area contributed by atoms with Crippen LogP contribution in [-0.2, 0) is 16.6 Å². The third-order valence-corrected chi connectivity index (χ3v) is 5.73. The van der Waals surface area contributed by atoms with Crippen LogP contribution in [0.4, 0.5) is 0 Å². The van der Waals surface area contributed by atoms with Crippen LogP contribution in [0.2, 0.25) is 0 Å². The van der Waals surface area contributed by atoms with Gasteiger partial charge in [-0.1, -0.05) is 30.3 Å². The molecule has 0 amide bonds. The van der Waals surface area contributed by atoms with Crippen molar-refractivity contribution < 1.29 is 13.5 Å². The van der Waals surface area contributed by atoms with Crippen molar-refractivity contribution in [2.45, 2.75) is 11.4 Å². The molecule has 0 aliphatic carbocycles. The third kappa shape index (κ3) is 3.79. The highest BCUT2D eigenvalue weighted by molar-refractivity contribution is 7.89. The molecule has 0 bridgehead atoms. The molecule has 3 aromatic rings. The lowest BCUT2D eigenvalue weighted by Crippen LogP contribution is -2.33. The molecule has 0 fully saturated rings. The number of nitrogens with one attached hydrogen (secondary N) is 1. The molecule has 1 heterocycles. The van der Waals surface area contributed by atoms with Crippen LogP contribution in [0.3, 0.4) is 0 Å². The fraction of sp³-hybridized carbons (Fsp3) is 0.167. The Kier molecular flexibility index (Phi) is 4.98. The van der Waals surface area contributed by atoms with E-state index in [1.807, 2.05) is 30.3 Å². The van der Waals surface area contributed by atoms with Crippen molar-refractivity contribution >= 4 is 20.9 Å². The van der Waals surface area contributed by atoms with Gasteiger partial charge in [-0.05, 0) is 35.2 Å². The Morgan fingerprint density at radius 1 is 1.00 bits per heavy atom. The van der Waals surface area contributed by atoms with E-state index in [-0.39, 0.29) is 30.2 Å². The maximum Gasteiger partial charge on any atom is 0.248 e. The summed E-state index contributed by atoms with van der Waals surface area (Å²) in [5, 5.41) is 9.91. The second kappa shape index (κ2) is 7.18. The van der Waals surface area contributed by atoms with Crippen LogP contribution in [0.15, 0.2) is 70.4 Å². The molecule has 0 saturated heterocycles. The molecule has 6 nitrogen and oxygen atoms in total. The van der Waals surface area contributed by atoms with Crippen LogP contribution in [-0.4, -0.2) is 36.0 Å². The molecule has 1 aromatic heterocycles. The molecule has 0 atom stereocenters. The van der Waals surface area contributed by atoms with E-state index in [1.165, 1.54) is 22.5 Å². The number of H-pyrrole nitrogens is 1. The highest BCUT2D eigenvalue weighted by Crippen LogP contribution is 2.21. The monoisotopic (exact) mass is 358 g/mol. The van der Waals surface area contributed by atoms with Gasteiger partial charge in [0.15, 0.2) is 0 Å². The van der Waals surface area contributed by atoms with Gasteiger partial charge >= 0.3 is 0 Å². The van der Waals surface area contributed by atoms with E-state index in [0.29, 0.717) is 10.9 Å². The van der Waals surface area contributed by atoms with Crippen molar-refractivity contribution in [3.63, 3.8) is 0 Å². The minimum Gasteiger partial charge on any atom is -0.395 e. The first kappa shape index (κ1) is 17.3. The number of aliphatic hydroxyl groups excluding tert-OH is 1. The van der Waals surface area contributed by atoms with Gasteiger partial charge < -0.3 is 10.1 Å². The Hall–Kier alpha value is -2.48. The highest BCUT2D eigenvalue weighted by Gasteiger charge is 2.24. The van der Waals surface area contributed by atoms with Crippen LogP contribution in [0.25, 0.3) is 10.9 Å². The van der Waals surface area contributed by atoms with Crippen molar-refractivity contribution in [2.75, 3.05) is 13.2 Å². The van der Waals surface area contributed by atoms with Gasteiger partial charge in [-0.25, -0.2) is 8.42 Å². The summed E-state index contributed by atoms with van der Waals surface area (Å²) in [6, 6.07) is 16.7. The summed E-state index contributed by atoms with van der Waals surface area (Å²) < 4.78 is 27.2. The van der Waals surface area contributed by atoms with Gasteiger partial charge in [-0.15, -0.1) is 0 Å². The second-order valence-electron chi connectivity index (χ2n) is 5.62. The predicted octanol–water partition coefficient (Wildman–Crippen LogP) is 1.71. The van der Waals surface area contributed by atoms with Gasteiger partial charge in [0.2, 0.25) is 15.6 Å². The number of aromatic amines is 1. The van der Waals surface area contributed by atoms with Crippen LogP contribution in [0.1, 0.15) is 5.56 Å². The molecule has 0 radical (unpaired) electrons. The van der Waals surface area contributed by atoms with Crippen molar-refractivity contribution in [3.05, 3.63) is 76.6 Å². The van der Waals surface area contributed by atoms with Gasteiger partial charge in [-0.2, -0.15) is 4.31 Å². The summed E-state index contributed by atoms with van der Waals surface area (Å²) >= 11 is 0. The second-order valence-corrected chi connectivity index (χ2v) is 7.56. The smallest absolute Gasteiger partial charge is 0.248 e. The summed E-state index contributed by atoms with van der Waals surface area (Å²) in [5.41, 5.74) is 1.17. The summed E-state index contributed by atoms with van der Waals surface area (Å²) in [4.78, 5) is 14.1. The van der Waals surface area contributed by atoms with Gasteiger partial charge in [0.05, 0.1) is 11.5 Å². The van der Waals surface area contributed by atoms with Crippen LogP contribution in [0.5, 0.6) is 0 Å². The average Bonchev–Trinajstić information content (AvgIpc) is 2.61. The number of sulfonamides is 1. The van der Waals surface area contributed by atoms with Gasteiger partial charge in [-0.3, -0.25) is 4.79 Å². The quantitative estimate of drug-likeness (QED) is 0.702. The topological polar surface area (TPSA) is 90.5 Å². The standard InChI is InChI=1S/C18H18N2O4S/c21-11-10-20(13-14-4-2-1-3-5-14)25(23,24)16-7-8-17-15(12-16)6-9-18(22)19-17/h1-9,12,21H,10-11,13H2,(H,19,22). The minimum absolute atomic E-state index is 0.000881. The molecule has 0 aliphatic rings. The van der Waals surface area contributed by atoms with Crippen molar-refractivity contribution in [3.8, 4) is 0 Å². The Morgan fingerprint density at radius 3 is 2.48 bits per heavy atom. The fourth-order valence-corrected chi connectivity index (χ4v) is 4.08. The number of benzene rings is 2. The predicted molar refractivity (Wildman–Crippen MR) is 95.7 cm³/mol. The van der Waals surface area contributed by atoms with Gasteiger partial charge in [0.1, 0.15) is 0 Å². The molecule has 0 saturated carbocycles. The van der Waals surface area contributed by atoms with Gasteiger partial charge in [0, 0.05) is 24.7 Å². The molecular formula is C18H18N2O4S. The number of rotatable bonds is 6. The number of hydrogen-bond donors (Lipinski definition) is 2. The molecule has 130 valence electrons. The van der Waals surface area contributed by atoms with E-state index < -0.39 is 10.0 Å². The first-order valence-electron chi connectivity index (χ1n) is 7.79. The van der Waals surface area contributed by atoms with E-state index in [2.05, 4.69) is 4.98 Å². The van der Waals surface area contributed by atoms with E-state index >= 15 is 0 Å². The molecule has 2 N–H and O–H groups in total. The Morgan fingerprint density at radius 2 is 1.76 bits per heavy atom. The van der Waals surface area contributed by atoms with Crippen molar-refractivity contribution in [2.24, 2.45) is 0 Å². The fourth-order valence-electron chi connectivity index (χ4n) is 2.62. The number of aliphatic hydroxyl groups is 1. The molecule has 25 heavy (non-hydrogen) atoms. The lowest BCUT2D eigenvalue weighted by atomic mass is 10.2. The van der Waals surface area contributed by atoms with Crippen LogP contribution >= 0.6 is 0 Å². The number of nitrogens with zero attached hydrogens (tertiary/aromatic N) is 1. The first-order chi connectivity index (χ1) is 12.0. The van der Waals surface area contributed by atoms with Crippen LogP contribution < -0.4 is 5.56 Å². The zero-order valence-corrected chi connectivity index (χ0v) is 14.2. The normalized spacial score (nSPS) is 11.9. The largest absolute Gasteiger partial charge is 0.395 e. The lowest BCUT2D eigenvalue weighted by molar-refractivity contribution is 0.251. The maximum absolute atomic E-state index is 13.0. The maximum atomic E-state index is 13.0. The molecule has 3 rings (SSSR count). The minimum atomic E-state index is -3.78. The molecule has 2 aromatic carbocycles. The van der Waals surface area contributed by atoms with E-state index in [1.54, 1.807) is 12.1 Å². The Labute approximate surface area is 145 Å². The SMILES string of the molecule is O=c1ccc2cc(S(=O)(=O)N(CCO)Cc3ccccc3)ccc2[nH]1. The number of aromatic nitrogens is 1. The molecule has 0 spiro atoms. The van der Waals surface area contributed by atoms with Gasteiger partial charge in [0.25, 0.3) is 0 Å². The zero-order chi connectivity index (χ0) is 17.9. The Bertz CT molecular complexity index is 1030. The van der Waals surface area contributed by atoms with E-state index in [4.69, 9.17) is 0 Å². The lowest BCUT2D eigenvalue weighted by Gasteiger charge is -2.21. The molecule has 7 heteroatoms. The highest BCUT2D eigenvalue weighted by atomic mass is 32.2. The summed E-state index contributed by atoms with van der Waals surface area (Å²) in [6.07, 6.45) is 0. The summed E-state index contributed by atoms with van der Waals surface area (Å²) in [5.74, 6) is 0. The van der Waals surface area contributed by atoms with Crippen molar-refractivity contribution in [1.29, 1.82) is 0 Å². The summed E-state index contributed by atoms with van der Waals surface area (Å²) in [6.45, 7) is -0.0960. The molecule has 0 aliphatic heterocycles. The van der Waals surface area contributed by atoms with E-state index in [0.717, 1.165) is 5.56 Å². The number of fused-ring (bicyclic) bond motifs is 1. The third-order valence-electron chi connectivity index (χ3n) is 3.88. The average molecular weight is 358 g/mol. The van der Waals surface area contributed by atoms with Crippen molar-refractivity contribution in [1.82, 2.24) is 9.29 Å². The first-order valence-corrected chi connectivity index (χ1v) is 9.23. The zero-order valence-electron chi connectivity index (χ0n) is 13.4. The number of hydrogen-bond acceptors (Lipinski definition) is 4. The van der Waals surface area contributed by atoms with Crippen LogP contribution in [0, 0.1) is 0 Å². The molecular weight excluding hydrogens is 340 g/mol. The summed E-state index contributed by atoms with van der Waals surface area (Å²) in [7, 11) is -3.78. The Balaban J connectivity index is 1.99. The number of pyridine rings is 1. The molecule has 0 unspecified atom stereocenters. The van der Waals surface area contributed by atoms with E-state index in [9.17, 15) is 18.3 Å².